The summed E-state index contributed by atoms with van der Waals surface area (Å²) in [6, 6.07) is 0.568. The summed E-state index contributed by atoms with van der Waals surface area (Å²) in [7, 11) is 4.16. The first-order chi connectivity index (χ1) is 8.09. The van der Waals surface area contributed by atoms with Gasteiger partial charge in [0.05, 0.1) is 11.9 Å². The van der Waals surface area contributed by atoms with Crippen molar-refractivity contribution in [2.24, 2.45) is 0 Å². The smallest absolute Gasteiger partial charge is 0.274 e. The van der Waals surface area contributed by atoms with Crippen molar-refractivity contribution in [1.82, 2.24) is 20.0 Å². The van der Waals surface area contributed by atoms with Crippen LogP contribution in [0, 0.1) is 0 Å². The standard InChI is InChI=1S/C11H19N5O/c1-15(2)8-3-5-16(6-4-8)11(17)10-9(12)7-13-14-10/h7-8H,3-6,12H2,1-2H3,(H,13,14). The van der Waals surface area contributed by atoms with E-state index in [1.807, 2.05) is 4.90 Å². The van der Waals surface area contributed by atoms with Gasteiger partial charge in [-0.05, 0) is 26.9 Å². The minimum Gasteiger partial charge on any atom is -0.396 e. The molecule has 0 atom stereocenters. The Labute approximate surface area is 101 Å². The molecule has 0 radical (unpaired) electrons. The molecule has 2 heterocycles. The highest BCUT2D eigenvalue weighted by Gasteiger charge is 2.26. The third kappa shape index (κ3) is 2.41. The predicted octanol–water partition coefficient (Wildman–Crippen LogP) is 0.158. The normalized spacial score (nSPS) is 17.7. The Kier molecular flexibility index (Phi) is 3.33. The molecule has 6 heteroatoms. The number of nitrogens with zero attached hydrogens (tertiary/aromatic N) is 3. The molecule has 17 heavy (non-hydrogen) atoms. The van der Waals surface area contributed by atoms with Crippen LogP contribution < -0.4 is 5.73 Å². The average molecular weight is 237 g/mol. The molecule has 0 unspecified atom stereocenters. The van der Waals surface area contributed by atoms with E-state index < -0.39 is 0 Å². The summed E-state index contributed by atoms with van der Waals surface area (Å²) < 4.78 is 0. The Morgan fingerprint density at radius 1 is 1.53 bits per heavy atom. The van der Waals surface area contributed by atoms with Crippen LogP contribution in [0.25, 0.3) is 0 Å². The molecule has 0 bridgehead atoms. The van der Waals surface area contributed by atoms with Crippen LogP contribution in [0.15, 0.2) is 6.20 Å². The third-order valence-electron chi connectivity index (χ3n) is 3.36. The summed E-state index contributed by atoms with van der Waals surface area (Å²) in [6.07, 6.45) is 3.49. The number of nitrogens with two attached hydrogens (primary N) is 1. The molecule has 0 aromatic carbocycles. The molecule has 1 aromatic rings. The molecular weight excluding hydrogens is 218 g/mol. The number of carbonyl (C=O) groups excluding carboxylic acids is 1. The fourth-order valence-electron chi connectivity index (χ4n) is 2.21. The zero-order chi connectivity index (χ0) is 12.4. The second-order valence-corrected chi connectivity index (χ2v) is 4.69. The second kappa shape index (κ2) is 4.75. The van der Waals surface area contributed by atoms with E-state index in [0.717, 1.165) is 25.9 Å². The minimum absolute atomic E-state index is 0.0443. The van der Waals surface area contributed by atoms with Crippen LogP contribution >= 0.6 is 0 Å². The SMILES string of the molecule is CN(C)C1CCN(C(=O)c2[nH]ncc2N)CC1. The van der Waals surface area contributed by atoms with Crippen molar-refractivity contribution in [3.63, 3.8) is 0 Å². The molecule has 3 N–H and O–H groups in total. The highest BCUT2D eigenvalue weighted by atomic mass is 16.2. The molecule has 1 aliphatic rings. The van der Waals surface area contributed by atoms with Gasteiger partial charge in [0.15, 0.2) is 0 Å². The van der Waals surface area contributed by atoms with Crippen molar-refractivity contribution in [3.8, 4) is 0 Å². The first kappa shape index (κ1) is 11.9. The lowest BCUT2D eigenvalue weighted by molar-refractivity contribution is 0.0658. The predicted molar refractivity (Wildman–Crippen MR) is 65.6 cm³/mol. The van der Waals surface area contributed by atoms with E-state index in [9.17, 15) is 4.79 Å². The maximum Gasteiger partial charge on any atom is 0.274 e. The van der Waals surface area contributed by atoms with E-state index >= 15 is 0 Å². The van der Waals surface area contributed by atoms with Crippen LogP contribution in [0.4, 0.5) is 5.69 Å². The minimum atomic E-state index is -0.0443. The van der Waals surface area contributed by atoms with Gasteiger partial charge in [0, 0.05) is 19.1 Å². The molecule has 94 valence electrons. The summed E-state index contributed by atoms with van der Waals surface area (Å²) in [5, 5.41) is 6.43. The number of nitrogens with one attached hydrogen (secondary N) is 1. The lowest BCUT2D eigenvalue weighted by Gasteiger charge is -2.35. The Morgan fingerprint density at radius 2 is 2.18 bits per heavy atom. The number of piperidine rings is 1. The molecule has 1 fully saturated rings. The van der Waals surface area contributed by atoms with Crippen molar-refractivity contribution >= 4 is 11.6 Å². The Hall–Kier alpha value is -1.56. The summed E-state index contributed by atoms with van der Waals surface area (Å²) in [5.74, 6) is -0.0443. The number of hydrogen-bond acceptors (Lipinski definition) is 4. The molecule has 0 aliphatic carbocycles. The van der Waals surface area contributed by atoms with E-state index in [4.69, 9.17) is 5.73 Å². The first-order valence-corrected chi connectivity index (χ1v) is 5.84. The molecule has 1 aliphatic heterocycles. The zero-order valence-electron chi connectivity index (χ0n) is 10.3. The quantitative estimate of drug-likeness (QED) is 0.768. The van der Waals surface area contributed by atoms with Gasteiger partial charge >= 0.3 is 0 Å². The van der Waals surface area contributed by atoms with Crippen LogP contribution in [0.3, 0.4) is 0 Å². The molecule has 1 amide bonds. The van der Waals surface area contributed by atoms with E-state index in [-0.39, 0.29) is 5.91 Å². The van der Waals surface area contributed by atoms with Gasteiger partial charge in [-0.15, -0.1) is 0 Å². The highest BCUT2D eigenvalue weighted by molar-refractivity contribution is 5.97. The van der Waals surface area contributed by atoms with E-state index in [1.165, 1.54) is 6.20 Å². The van der Waals surface area contributed by atoms with Gasteiger partial charge in [0.2, 0.25) is 0 Å². The fourth-order valence-corrected chi connectivity index (χ4v) is 2.21. The van der Waals surface area contributed by atoms with Crippen molar-refractivity contribution in [3.05, 3.63) is 11.9 Å². The zero-order valence-corrected chi connectivity index (χ0v) is 10.3. The lowest BCUT2D eigenvalue weighted by Crippen LogP contribution is -2.44. The first-order valence-electron chi connectivity index (χ1n) is 5.84. The number of rotatable bonds is 2. The van der Waals surface area contributed by atoms with Crippen molar-refractivity contribution in [2.75, 3.05) is 32.9 Å². The topological polar surface area (TPSA) is 78.2 Å². The number of carbonyl (C=O) groups is 1. The van der Waals surface area contributed by atoms with Gasteiger partial charge in [-0.1, -0.05) is 0 Å². The average Bonchev–Trinajstić information content (AvgIpc) is 2.74. The number of amides is 1. The molecule has 1 saturated heterocycles. The van der Waals surface area contributed by atoms with Gasteiger partial charge in [-0.25, -0.2) is 0 Å². The fraction of sp³-hybridized carbons (Fsp3) is 0.636. The molecule has 1 aromatic heterocycles. The maximum absolute atomic E-state index is 12.1. The van der Waals surface area contributed by atoms with E-state index in [1.54, 1.807) is 0 Å². The van der Waals surface area contributed by atoms with E-state index in [0.29, 0.717) is 17.4 Å². The second-order valence-electron chi connectivity index (χ2n) is 4.69. The molecule has 6 nitrogen and oxygen atoms in total. The van der Waals surface area contributed by atoms with Gasteiger partial charge in [-0.3, -0.25) is 9.89 Å². The highest BCUT2D eigenvalue weighted by Crippen LogP contribution is 2.17. The summed E-state index contributed by atoms with van der Waals surface area (Å²) in [4.78, 5) is 16.2. The van der Waals surface area contributed by atoms with Crippen LogP contribution in [0.2, 0.25) is 0 Å². The van der Waals surface area contributed by atoms with Gasteiger partial charge in [0.25, 0.3) is 5.91 Å². The van der Waals surface area contributed by atoms with Crippen LogP contribution in [-0.4, -0.2) is 59.1 Å². The summed E-state index contributed by atoms with van der Waals surface area (Å²) >= 11 is 0. The van der Waals surface area contributed by atoms with Gasteiger partial charge in [-0.2, -0.15) is 5.10 Å². The third-order valence-corrected chi connectivity index (χ3v) is 3.36. The maximum atomic E-state index is 12.1. The number of nitrogen functional groups attached to an aromatic ring is 1. The number of hydrogen-bond donors (Lipinski definition) is 2. The largest absolute Gasteiger partial charge is 0.396 e. The van der Waals surface area contributed by atoms with Crippen molar-refractivity contribution < 1.29 is 4.79 Å². The van der Waals surface area contributed by atoms with Crippen LogP contribution in [0.1, 0.15) is 23.3 Å². The number of aromatic amines is 1. The molecule has 0 spiro atoms. The molecule has 0 saturated carbocycles. The number of anilines is 1. The Bertz CT molecular complexity index is 392. The molecular formula is C11H19N5O. The van der Waals surface area contributed by atoms with E-state index in [2.05, 4.69) is 29.2 Å². The van der Waals surface area contributed by atoms with Crippen molar-refractivity contribution in [2.45, 2.75) is 18.9 Å². The van der Waals surface area contributed by atoms with Gasteiger partial charge < -0.3 is 15.5 Å². The Balaban J connectivity index is 1.98. The molecule has 2 rings (SSSR count). The van der Waals surface area contributed by atoms with Crippen LogP contribution in [-0.2, 0) is 0 Å². The van der Waals surface area contributed by atoms with Gasteiger partial charge in [0.1, 0.15) is 5.69 Å². The van der Waals surface area contributed by atoms with Crippen LogP contribution in [0.5, 0.6) is 0 Å². The monoisotopic (exact) mass is 237 g/mol. The number of aromatic nitrogens is 2. The number of likely N-dealkylation sites (tertiary alicyclic amines) is 1. The Morgan fingerprint density at radius 3 is 2.65 bits per heavy atom. The number of H-pyrrole nitrogens is 1. The van der Waals surface area contributed by atoms with Crippen molar-refractivity contribution in [1.29, 1.82) is 0 Å². The summed E-state index contributed by atoms with van der Waals surface area (Å²) in [5.41, 5.74) is 6.51. The summed E-state index contributed by atoms with van der Waals surface area (Å²) in [6.45, 7) is 1.56. The lowest BCUT2D eigenvalue weighted by atomic mass is 10.0.